The van der Waals surface area contributed by atoms with Crippen molar-refractivity contribution in [2.45, 2.75) is 17.7 Å². The van der Waals surface area contributed by atoms with E-state index in [-0.39, 0.29) is 12.6 Å². The number of benzene rings is 2. The molecule has 2 aromatic rings. The molecule has 0 bridgehead atoms. The molecule has 4 rings (SSSR count). The number of anilines is 1. The van der Waals surface area contributed by atoms with Gasteiger partial charge in [-0.05, 0) is 35.9 Å². The lowest BCUT2D eigenvalue weighted by atomic mass is 10.1. The Labute approximate surface area is 182 Å². The van der Waals surface area contributed by atoms with Crippen LogP contribution in [-0.2, 0) is 12.4 Å². The van der Waals surface area contributed by atoms with E-state index in [9.17, 15) is 31.1 Å². The Hall–Kier alpha value is -2.76. The van der Waals surface area contributed by atoms with Gasteiger partial charge in [-0.1, -0.05) is 6.07 Å². The molecule has 0 aliphatic carbocycles. The van der Waals surface area contributed by atoms with Crippen LogP contribution in [0.15, 0.2) is 36.4 Å². The molecule has 1 fully saturated rings. The van der Waals surface area contributed by atoms with Crippen LogP contribution in [0.4, 0.5) is 36.8 Å². The molecule has 12 heteroatoms. The third-order valence-electron chi connectivity index (χ3n) is 4.84. The first-order valence-corrected chi connectivity index (χ1v) is 10.5. The van der Waals surface area contributed by atoms with Crippen LogP contribution < -0.4 is 14.8 Å². The number of carbonyl (C=O) groups is 1. The van der Waals surface area contributed by atoms with E-state index in [1.165, 1.54) is 16.7 Å². The molecule has 2 aromatic carbocycles. The van der Waals surface area contributed by atoms with Gasteiger partial charge in [-0.15, -0.1) is 11.8 Å². The van der Waals surface area contributed by atoms with Crippen LogP contribution >= 0.6 is 11.8 Å². The van der Waals surface area contributed by atoms with E-state index in [0.717, 1.165) is 0 Å². The highest BCUT2D eigenvalue weighted by Gasteiger charge is 2.38. The predicted octanol–water partition coefficient (Wildman–Crippen LogP) is 5.77. The topological polar surface area (TPSA) is 50.8 Å². The number of nitrogens with zero attached hydrogens (tertiary/aromatic N) is 1. The Morgan fingerprint density at radius 3 is 2.19 bits per heavy atom. The molecule has 5 nitrogen and oxygen atoms in total. The highest BCUT2D eigenvalue weighted by molar-refractivity contribution is 7.99. The van der Waals surface area contributed by atoms with Gasteiger partial charge in [-0.2, -0.15) is 26.3 Å². The third-order valence-corrected chi connectivity index (χ3v) is 6.10. The molecule has 172 valence electrons. The summed E-state index contributed by atoms with van der Waals surface area (Å²) in [7, 11) is 0. The van der Waals surface area contributed by atoms with Gasteiger partial charge < -0.3 is 19.7 Å². The van der Waals surface area contributed by atoms with Gasteiger partial charge in [0.2, 0.25) is 0 Å². The van der Waals surface area contributed by atoms with Crippen molar-refractivity contribution >= 4 is 23.5 Å². The van der Waals surface area contributed by atoms with Crippen LogP contribution in [0.1, 0.15) is 22.1 Å². The smallest absolute Gasteiger partial charge is 0.416 e. The largest absolute Gasteiger partial charge is 0.486 e. The number of amides is 2. The summed E-state index contributed by atoms with van der Waals surface area (Å²) in [6.45, 7) is 1.05. The zero-order chi connectivity index (χ0) is 23.1. The number of alkyl halides is 6. The fourth-order valence-corrected chi connectivity index (χ4v) is 4.64. The van der Waals surface area contributed by atoms with Gasteiger partial charge >= 0.3 is 18.4 Å². The van der Waals surface area contributed by atoms with Crippen LogP contribution in [0.25, 0.3) is 0 Å². The summed E-state index contributed by atoms with van der Waals surface area (Å²) in [6.07, 6.45) is -10.0. The third kappa shape index (κ3) is 4.69. The molecule has 0 radical (unpaired) electrons. The molecule has 2 aliphatic rings. The number of halogens is 6. The SMILES string of the molecule is O=C(Nc1cc(C(F)(F)F)cc(C(F)(F)F)c1)N1CCSC1c1ccc2c(c1)OCCO2. The molecule has 2 amide bonds. The number of nitrogens with one attached hydrogen (secondary N) is 1. The van der Waals surface area contributed by atoms with E-state index in [0.29, 0.717) is 48.2 Å². The zero-order valence-electron chi connectivity index (χ0n) is 16.2. The number of thioether (sulfide) groups is 1. The minimum atomic E-state index is -5.00. The maximum absolute atomic E-state index is 13.1. The second kappa shape index (κ2) is 8.30. The van der Waals surface area contributed by atoms with Crippen molar-refractivity contribution in [3.8, 4) is 11.5 Å². The van der Waals surface area contributed by atoms with E-state index in [4.69, 9.17) is 9.47 Å². The number of fused-ring (bicyclic) bond motifs is 1. The Kier molecular flexibility index (Phi) is 5.82. The van der Waals surface area contributed by atoms with Crippen molar-refractivity contribution in [3.63, 3.8) is 0 Å². The maximum atomic E-state index is 13.1. The zero-order valence-corrected chi connectivity index (χ0v) is 17.0. The molecule has 1 saturated heterocycles. The molecule has 1 N–H and O–H groups in total. The average Bonchev–Trinajstić information content (AvgIpc) is 3.22. The van der Waals surface area contributed by atoms with Gasteiger partial charge in [0.25, 0.3) is 0 Å². The molecule has 0 aromatic heterocycles. The highest BCUT2D eigenvalue weighted by Crippen LogP contribution is 2.42. The number of carbonyl (C=O) groups excluding carboxylic acids is 1. The van der Waals surface area contributed by atoms with Crippen molar-refractivity contribution in [3.05, 3.63) is 53.1 Å². The summed E-state index contributed by atoms with van der Waals surface area (Å²) in [4.78, 5) is 14.1. The van der Waals surface area contributed by atoms with Crippen molar-refractivity contribution in [2.24, 2.45) is 0 Å². The number of ether oxygens (including phenoxy) is 2. The van der Waals surface area contributed by atoms with E-state index in [1.807, 2.05) is 0 Å². The van der Waals surface area contributed by atoms with Crippen molar-refractivity contribution in [1.82, 2.24) is 4.90 Å². The molecule has 2 aliphatic heterocycles. The molecule has 1 unspecified atom stereocenters. The van der Waals surface area contributed by atoms with E-state index >= 15 is 0 Å². The van der Waals surface area contributed by atoms with E-state index in [2.05, 4.69) is 5.32 Å². The maximum Gasteiger partial charge on any atom is 0.416 e. The van der Waals surface area contributed by atoms with Gasteiger partial charge in [-0.3, -0.25) is 0 Å². The average molecular weight is 478 g/mol. The molecular formula is C20H16F6N2O3S. The summed E-state index contributed by atoms with van der Waals surface area (Å²) < 4.78 is 89.5. The molecule has 1 atom stereocenters. The first-order valence-electron chi connectivity index (χ1n) is 9.40. The van der Waals surface area contributed by atoms with Crippen LogP contribution in [0, 0.1) is 0 Å². The summed E-state index contributed by atoms with van der Waals surface area (Å²) >= 11 is 1.42. The molecule has 0 spiro atoms. The standard InChI is InChI=1S/C20H16F6N2O3S/c21-19(22,23)12-8-13(20(24,25)26)10-14(9-12)27-18(29)28-3-6-32-17(28)11-1-2-15-16(7-11)31-5-4-30-15/h1-2,7-10,17H,3-6H2,(H,27,29). The Morgan fingerprint density at radius 1 is 0.938 bits per heavy atom. The lowest BCUT2D eigenvalue weighted by molar-refractivity contribution is -0.143. The van der Waals surface area contributed by atoms with Crippen LogP contribution in [0.2, 0.25) is 0 Å². The van der Waals surface area contributed by atoms with Gasteiger partial charge in [0.05, 0.1) is 11.1 Å². The predicted molar refractivity (Wildman–Crippen MR) is 105 cm³/mol. The summed E-state index contributed by atoms with van der Waals surface area (Å²) in [5, 5.41) is 1.70. The van der Waals surface area contributed by atoms with Gasteiger partial charge in [0, 0.05) is 18.0 Å². The first kappa shape index (κ1) is 22.4. The number of urea groups is 1. The van der Waals surface area contributed by atoms with Crippen LogP contribution in [-0.4, -0.2) is 36.4 Å². The van der Waals surface area contributed by atoms with Gasteiger partial charge in [-0.25, -0.2) is 4.79 Å². The minimum Gasteiger partial charge on any atom is -0.486 e. The Balaban J connectivity index is 1.58. The minimum absolute atomic E-state index is 0.0132. The lowest BCUT2D eigenvalue weighted by Crippen LogP contribution is -2.34. The summed E-state index contributed by atoms with van der Waals surface area (Å²) in [5.41, 5.74) is -2.88. The summed E-state index contributed by atoms with van der Waals surface area (Å²) in [5.74, 6) is 1.61. The second-order valence-corrected chi connectivity index (χ2v) is 8.23. The number of rotatable bonds is 2. The Bertz CT molecular complexity index is 995. The van der Waals surface area contributed by atoms with Gasteiger partial charge in [0.1, 0.15) is 18.6 Å². The van der Waals surface area contributed by atoms with Crippen molar-refractivity contribution in [1.29, 1.82) is 0 Å². The van der Waals surface area contributed by atoms with Crippen LogP contribution in [0.3, 0.4) is 0 Å². The fraction of sp³-hybridized carbons (Fsp3) is 0.350. The number of hydrogen-bond donors (Lipinski definition) is 1. The normalized spacial score (nSPS) is 18.6. The van der Waals surface area contributed by atoms with E-state index in [1.54, 1.807) is 18.2 Å². The molecule has 2 heterocycles. The first-order chi connectivity index (χ1) is 15.0. The monoisotopic (exact) mass is 478 g/mol. The van der Waals surface area contributed by atoms with Crippen LogP contribution in [0.5, 0.6) is 11.5 Å². The lowest BCUT2D eigenvalue weighted by Gasteiger charge is -2.26. The molecule has 32 heavy (non-hydrogen) atoms. The van der Waals surface area contributed by atoms with Crippen molar-refractivity contribution < 1.29 is 40.6 Å². The molecular weight excluding hydrogens is 462 g/mol. The molecule has 0 saturated carbocycles. The van der Waals surface area contributed by atoms with Crippen molar-refractivity contribution in [2.75, 3.05) is 30.8 Å². The van der Waals surface area contributed by atoms with Gasteiger partial charge in [0.15, 0.2) is 11.5 Å². The number of hydrogen-bond acceptors (Lipinski definition) is 4. The highest BCUT2D eigenvalue weighted by atomic mass is 32.2. The summed E-state index contributed by atoms with van der Waals surface area (Å²) in [6, 6.07) is 5.32. The van der Waals surface area contributed by atoms with E-state index < -0.39 is 40.6 Å². The second-order valence-electron chi connectivity index (χ2n) is 7.04. The fourth-order valence-electron chi connectivity index (χ4n) is 3.39. The Morgan fingerprint density at radius 2 is 1.56 bits per heavy atom. The quantitative estimate of drug-likeness (QED) is 0.557.